The summed E-state index contributed by atoms with van der Waals surface area (Å²) in [6.45, 7) is 1.67. The Morgan fingerprint density at radius 2 is 2.29 bits per heavy atom. The average Bonchev–Trinajstić information content (AvgIpc) is 3.06. The van der Waals surface area contributed by atoms with Crippen molar-refractivity contribution in [1.29, 1.82) is 5.26 Å². The quantitative estimate of drug-likeness (QED) is 0.683. The van der Waals surface area contributed by atoms with Crippen molar-refractivity contribution in [3.05, 3.63) is 35.4 Å². The Balaban J connectivity index is 1.57. The van der Waals surface area contributed by atoms with Crippen LogP contribution in [0.5, 0.6) is 0 Å². The van der Waals surface area contributed by atoms with E-state index in [0.29, 0.717) is 6.42 Å². The Morgan fingerprint density at radius 1 is 1.48 bits per heavy atom. The van der Waals surface area contributed by atoms with E-state index in [4.69, 9.17) is 5.26 Å². The van der Waals surface area contributed by atoms with Gasteiger partial charge in [-0.25, -0.2) is 0 Å². The van der Waals surface area contributed by atoms with E-state index in [9.17, 15) is 4.79 Å². The summed E-state index contributed by atoms with van der Waals surface area (Å²) in [6, 6.07) is 7.25. The average molecular weight is 316 g/mol. The predicted octanol–water partition coefficient (Wildman–Crippen LogP) is 2.85. The van der Waals surface area contributed by atoms with E-state index in [2.05, 4.69) is 15.2 Å². The minimum Gasteiger partial charge on any atom is -0.326 e. The molecule has 0 aromatic heterocycles. The number of anilines is 1. The van der Waals surface area contributed by atoms with Gasteiger partial charge in [-0.15, -0.1) is 0 Å². The number of thioether (sulfide) groups is 2. The molecule has 2 aliphatic rings. The SMILES string of the molecule is N#CSc1ccc(NC(=O)CC2=CSC3=NCCN23)cc1. The first kappa shape index (κ1) is 14.0. The zero-order valence-electron chi connectivity index (χ0n) is 11.1. The molecule has 3 rings (SSSR count). The van der Waals surface area contributed by atoms with Gasteiger partial charge in [0.15, 0.2) is 5.17 Å². The molecule has 1 N–H and O–H groups in total. The number of fused-ring (bicyclic) bond motifs is 1. The van der Waals surface area contributed by atoms with Crippen molar-refractivity contribution in [1.82, 2.24) is 4.90 Å². The monoisotopic (exact) mass is 316 g/mol. The number of carbonyl (C=O) groups is 1. The molecule has 7 heteroatoms. The van der Waals surface area contributed by atoms with Crippen molar-refractivity contribution in [2.45, 2.75) is 11.3 Å². The van der Waals surface area contributed by atoms with E-state index in [1.54, 1.807) is 23.9 Å². The number of rotatable bonds is 4. The fourth-order valence-corrected chi connectivity index (χ4v) is 3.48. The van der Waals surface area contributed by atoms with Gasteiger partial charge in [-0.2, -0.15) is 5.26 Å². The highest BCUT2D eigenvalue weighted by Crippen LogP contribution is 2.31. The Morgan fingerprint density at radius 3 is 3.05 bits per heavy atom. The summed E-state index contributed by atoms with van der Waals surface area (Å²) in [4.78, 5) is 19.4. The molecule has 0 atom stereocenters. The van der Waals surface area contributed by atoms with Crippen LogP contribution in [0.4, 0.5) is 5.69 Å². The highest BCUT2D eigenvalue weighted by Gasteiger charge is 2.27. The number of amides is 1. The smallest absolute Gasteiger partial charge is 0.230 e. The third-order valence-electron chi connectivity index (χ3n) is 3.09. The van der Waals surface area contributed by atoms with E-state index in [1.807, 2.05) is 22.9 Å². The van der Waals surface area contributed by atoms with E-state index in [1.165, 1.54) is 0 Å². The van der Waals surface area contributed by atoms with Gasteiger partial charge in [-0.3, -0.25) is 9.79 Å². The van der Waals surface area contributed by atoms with Crippen LogP contribution in [0.3, 0.4) is 0 Å². The number of nitriles is 1. The molecule has 106 valence electrons. The number of amidine groups is 1. The molecule has 1 aromatic rings. The van der Waals surface area contributed by atoms with Gasteiger partial charge in [0.2, 0.25) is 5.91 Å². The Labute approximate surface area is 131 Å². The summed E-state index contributed by atoms with van der Waals surface area (Å²) in [7, 11) is 0. The Hall–Kier alpha value is -1.91. The number of carbonyl (C=O) groups excluding carboxylic acids is 1. The molecule has 1 aromatic carbocycles. The third kappa shape index (κ3) is 3.23. The number of hydrogen-bond acceptors (Lipinski definition) is 6. The van der Waals surface area contributed by atoms with E-state index >= 15 is 0 Å². The molecule has 0 spiro atoms. The molecule has 0 unspecified atom stereocenters. The number of thiocyanates is 1. The maximum Gasteiger partial charge on any atom is 0.230 e. The fourth-order valence-electron chi connectivity index (χ4n) is 2.14. The summed E-state index contributed by atoms with van der Waals surface area (Å²) < 4.78 is 0. The fraction of sp³-hybridized carbons (Fsp3) is 0.214. The number of hydrogen-bond donors (Lipinski definition) is 1. The molecule has 2 heterocycles. The molecule has 0 saturated carbocycles. The lowest BCUT2D eigenvalue weighted by molar-refractivity contribution is -0.115. The predicted molar refractivity (Wildman–Crippen MR) is 85.8 cm³/mol. The topological polar surface area (TPSA) is 68.5 Å². The molecule has 0 radical (unpaired) electrons. The molecule has 1 amide bonds. The number of benzene rings is 1. The van der Waals surface area contributed by atoms with Crippen molar-refractivity contribution in [2.75, 3.05) is 18.4 Å². The normalized spacial score (nSPS) is 16.0. The summed E-state index contributed by atoms with van der Waals surface area (Å²) in [5.41, 5.74) is 1.74. The molecule has 0 aliphatic carbocycles. The van der Waals surface area contributed by atoms with Crippen LogP contribution in [0.2, 0.25) is 0 Å². The summed E-state index contributed by atoms with van der Waals surface area (Å²) in [5.74, 6) is -0.0457. The second-order valence-corrected chi connectivity index (χ2v) is 6.18. The van der Waals surface area contributed by atoms with Crippen LogP contribution in [0.1, 0.15) is 6.42 Å². The first-order valence-electron chi connectivity index (χ1n) is 6.40. The zero-order valence-corrected chi connectivity index (χ0v) is 12.7. The second kappa shape index (κ2) is 6.24. The lowest BCUT2D eigenvalue weighted by Crippen LogP contribution is -2.24. The van der Waals surface area contributed by atoms with Gasteiger partial charge in [0.25, 0.3) is 0 Å². The van der Waals surface area contributed by atoms with Crippen molar-refractivity contribution >= 4 is 40.3 Å². The molecule has 5 nitrogen and oxygen atoms in total. The second-order valence-electron chi connectivity index (χ2n) is 4.49. The largest absolute Gasteiger partial charge is 0.326 e. The number of nitrogens with zero attached hydrogens (tertiary/aromatic N) is 3. The highest BCUT2D eigenvalue weighted by atomic mass is 32.2. The molecular weight excluding hydrogens is 304 g/mol. The lowest BCUT2D eigenvalue weighted by atomic mass is 10.2. The van der Waals surface area contributed by atoms with Crippen LogP contribution >= 0.6 is 23.5 Å². The van der Waals surface area contributed by atoms with Crippen molar-refractivity contribution < 1.29 is 4.79 Å². The Bertz CT molecular complexity index is 661. The standard InChI is InChI=1S/C14H12N4OS2/c15-9-21-12-3-1-10(2-4-12)17-13(19)7-11-8-20-14-16-5-6-18(11)14/h1-4,8H,5-7H2,(H,17,19). The number of nitrogens with one attached hydrogen (secondary N) is 1. The van der Waals surface area contributed by atoms with Crippen LogP contribution < -0.4 is 5.32 Å². The van der Waals surface area contributed by atoms with Crippen LogP contribution in [0.15, 0.2) is 45.3 Å². The molecule has 2 aliphatic heterocycles. The minimum absolute atomic E-state index is 0.0457. The Kier molecular flexibility index (Phi) is 4.18. The van der Waals surface area contributed by atoms with Gasteiger partial charge in [-0.05, 0) is 41.4 Å². The summed E-state index contributed by atoms with van der Waals surface area (Å²) in [5, 5.41) is 16.5. The van der Waals surface area contributed by atoms with Crippen molar-refractivity contribution in [2.24, 2.45) is 4.99 Å². The maximum atomic E-state index is 12.1. The van der Waals surface area contributed by atoms with Gasteiger partial charge >= 0.3 is 0 Å². The van der Waals surface area contributed by atoms with Crippen molar-refractivity contribution in [3.63, 3.8) is 0 Å². The summed E-state index contributed by atoms with van der Waals surface area (Å²) in [6.07, 6.45) is 0.348. The van der Waals surface area contributed by atoms with Crippen LogP contribution in [0, 0.1) is 10.7 Å². The molecule has 21 heavy (non-hydrogen) atoms. The van der Waals surface area contributed by atoms with Crippen molar-refractivity contribution in [3.8, 4) is 5.40 Å². The maximum absolute atomic E-state index is 12.1. The van der Waals surface area contributed by atoms with E-state index in [0.717, 1.165) is 46.3 Å². The van der Waals surface area contributed by atoms with Crippen LogP contribution in [0.25, 0.3) is 0 Å². The summed E-state index contributed by atoms with van der Waals surface area (Å²) >= 11 is 2.68. The first-order valence-corrected chi connectivity index (χ1v) is 8.09. The van der Waals surface area contributed by atoms with Gasteiger partial charge in [0.1, 0.15) is 5.40 Å². The van der Waals surface area contributed by atoms with Crippen LogP contribution in [-0.4, -0.2) is 29.1 Å². The van der Waals surface area contributed by atoms with Gasteiger partial charge in [0, 0.05) is 22.8 Å². The molecule has 0 saturated heterocycles. The van der Waals surface area contributed by atoms with Crippen LogP contribution in [-0.2, 0) is 4.79 Å². The minimum atomic E-state index is -0.0457. The molecular formula is C14H12N4OS2. The van der Waals surface area contributed by atoms with E-state index in [-0.39, 0.29) is 5.91 Å². The first-order chi connectivity index (χ1) is 10.3. The molecule has 0 fully saturated rings. The zero-order chi connectivity index (χ0) is 14.7. The lowest BCUT2D eigenvalue weighted by Gasteiger charge is -2.16. The van der Waals surface area contributed by atoms with Gasteiger partial charge in [-0.1, -0.05) is 11.8 Å². The van der Waals surface area contributed by atoms with E-state index < -0.39 is 0 Å². The highest BCUT2D eigenvalue weighted by molar-refractivity contribution is 8.16. The van der Waals surface area contributed by atoms with Gasteiger partial charge in [0.05, 0.1) is 13.0 Å². The van der Waals surface area contributed by atoms with Gasteiger partial charge < -0.3 is 10.2 Å². The molecule has 0 bridgehead atoms. The third-order valence-corrected chi connectivity index (χ3v) is 4.64. The number of aliphatic imine (C=N–C) groups is 1.